The number of hydrogen-bond acceptors (Lipinski definition) is 17. The predicted octanol–water partition coefficient (Wildman–Crippen LogP) is 1.96. The van der Waals surface area contributed by atoms with Crippen LogP contribution in [0.3, 0.4) is 0 Å². The van der Waals surface area contributed by atoms with Crippen LogP contribution in [-0.4, -0.2) is 170 Å². The number of methoxy groups -OCH3 is 1. The number of aliphatic hydroxyl groups is 6. The lowest BCUT2D eigenvalue weighted by Crippen LogP contribution is -2.66. The Morgan fingerprint density at radius 2 is 1.46 bits per heavy atom. The van der Waals surface area contributed by atoms with Crippen LogP contribution in [-0.2, 0) is 52.3 Å². The van der Waals surface area contributed by atoms with Crippen LogP contribution >= 0.6 is 0 Å². The smallest absolute Gasteiger partial charge is 0.338 e. The van der Waals surface area contributed by atoms with Gasteiger partial charge in [-0.2, -0.15) is 0 Å². The highest BCUT2D eigenvalue weighted by Crippen LogP contribution is 2.76. The van der Waals surface area contributed by atoms with Gasteiger partial charge in [-0.1, -0.05) is 60.1 Å². The van der Waals surface area contributed by atoms with E-state index in [4.69, 9.17) is 33.2 Å². The van der Waals surface area contributed by atoms with E-state index >= 15 is 0 Å². The molecule has 7 rings (SSSR count). The molecule has 0 aromatic carbocycles. The minimum atomic E-state index is -2.06. The summed E-state index contributed by atoms with van der Waals surface area (Å²) in [5, 5.41) is 93.4. The van der Waals surface area contributed by atoms with Crippen LogP contribution < -0.4 is 0 Å². The number of carboxylic acids is 3. The van der Waals surface area contributed by atoms with Crippen LogP contribution in [0, 0.1) is 50.2 Å². The van der Waals surface area contributed by atoms with E-state index in [2.05, 4.69) is 54.5 Å². The Labute approximate surface area is 396 Å². The Hall–Kier alpha value is -2.86. The fourth-order valence-corrected chi connectivity index (χ4v) is 14.5. The minimum Gasteiger partial charge on any atom is -0.480 e. The summed E-state index contributed by atoms with van der Waals surface area (Å²) in [4.78, 5) is 50.4. The van der Waals surface area contributed by atoms with Crippen molar-refractivity contribution in [2.45, 2.75) is 193 Å². The lowest BCUT2D eigenvalue weighted by atomic mass is 9.33. The first-order chi connectivity index (χ1) is 31.6. The molecule has 4 saturated carbocycles. The van der Waals surface area contributed by atoms with Gasteiger partial charge < -0.3 is 79.1 Å². The molecule has 20 heteroatoms. The highest BCUT2D eigenvalue weighted by atomic mass is 16.7. The largest absolute Gasteiger partial charge is 0.480 e. The third-order valence-electron chi connectivity index (χ3n) is 18.5. The van der Waals surface area contributed by atoms with E-state index in [9.17, 15) is 65.1 Å². The minimum absolute atomic E-state index is 0.0654. The van der Waals surface area contributed by atoms with Crippen LogP contribution in [0.1, 0.15) is 113 Å². The van der Waals surface area contributed by atoms with E-state index in [1.165, 1.54) is 5.57 Å². The van der Waals surface area contributed by atoms with Gasteiger partial charge in [-0.3, -0.25) is 4.79 Å². The summed E-state index contributed by atoms with van der Waals surface area (Å²) in [5.41, 5.74) is -1.13. The van der Waals surface area contributed by atoms with Gasteiger partial charge in [-0.05, 0) is 109 Å². The molecule has 0 spiro atoms. The third kappa shape index (κ3) is 8.73. The van der Waals surface area contributed by atoms with Crippen molar-refractivity contribution < 1.29 is 98.3 Å². The number of carbonyl (C=O) groups excluding carboxylic acids is 1. The van der Waals surface area contributed by atoms with Crippen molar-refractivity contribution in [2.75, 3.05) is 20.3 Å². The number of hydrogen-bond donors (Lipinski definition) is 9. The number of ether oxygens (including phenoxy) is 7. The second kappa shape index (κ2) is 19.0. The fourth-order valence-electron chi connectivity index (χ4n) is 14.5. The molecule has 2 unspecified atom stereocenters. The molecule has 7 aliphatic rings. The van der Waals surface area contributed by atoms with Gasteiger partial charge in [0.25, 0.3) is 0 Å². The molecule has 0 aromatic heterocycles. The van der Waals surface area contributed by atoms with E-state index in [-0.39, 0.29) is 39.4 Å². The average Bonchev–Trinajstić information content (AvgIpc) is 3.25. The highest BCUT2D eigenvalue weighted by molar-refractivity contribution is 5.79. The molecule has 2 aliphatic heterocycles. The van der Waals surface area contributed by atoms with Gasteiger partial charge in [0, 0.05) is 7.11 Å². The Balaban J connectivity index is 1.13. The van der Waals surface area contributed by atoms with Gasteiger partial charge in [0.15, 0.2) is 18.7 Å². The molecule has 0 radical (unpaired) electrons. The van der Waals surface area contributed by atoms with Crippen LogP contribution in [0.4, 0.5) is 0 Å². The molecule has 6 fully saturated rings. The maximum atomic E-state index is 14.7. The molecule has 0 amide bonds. The lowest BCUT2D eigenvalue weighted by molar-refractivity contribution is -0.346. The van der Waals surface area contributed by atoms with Crippen LogP contribution in [0.5, 0.6) is 0 Å². The molecular weight excluding hydrogens is 897 g/mol. The quantitative estimate of drug-likeness (QED) is 0.0520. The summed E-state index contributed by atoms with van der Waals surface area (Å²) in [7, 11) is 1.01. The van der Waals surface area contributed by atoms with Crippen molar-refractivity contribution in [2.24, 2.45) is 50.2 Å². The molecular formula is C48H74O20. The van der Waals surface area contributed by atoms with Crippen molar-refractivity contribution in [3.8, 4) is 0 Å². The molecule has 20 nitrogen and oxygen atoms in total. The fraction of sp³-hybridized carbons (Fsp3) is 0.875. The summed E-state index contributed by atoms with van der Waals surface area (Å²) in [5.74, 6) is -5.14. The number of aliphatic carboxylic acids is 3. The molecule has 68 heavy (non-hydrogen) atoms. The number of fused-ring (bicyclic) bond motifs is 7. The van der Waals surface area contributed by atoms with Gasteiger partial charge in [-0.15, -0.1) is 0 Å². The van der Waals surface area contributed by atoms with E-state index in [0.29, 0.717) is 32.1 Å². The zero-order chi connectivity index (χ0) is 50.3. The van der Waals surface area contributed by atoms with Crippen LogP contribution in [0.2, 0.25) is 0 Å². The van der Waals surface area contributed by atoms with Crippen molar-refractivity contribution >= 4 is 23.9 Å². The van der Waals surface area contributed by atoms with E-state index in [1.54, 1.807) is 0 Å². The summed E-state index contributed by atoms with van der Waals surface area (Å²) in [6, 6.07) is 0. The molecule has 20 atom stereocenters. The van der Waals surface area contributed by atoms with Crippen LogP contribution in [0.15, 0.2) is 11.6 Å². The zero-order valence-corrected chi connectivity index (χ0v) is 40.3. The molecule has 5 aliphatic carbocycles. The Morgan fingerprint density at radius 1 is 0.779 bits per heavy atom. The first-order valence-electron chi connectivity index (χ1n) is 24.0. The number of aliphatic hydroxyl groups excluding tert-OH is 6. The van der Waals surface area contributed by atoms with Gasteiger partial charge >= 0.3 is 23.9 Å². The van der Waals surface area contributed by atoms with Gasteiger partial charge in [0.2, 0.25) is 12.4 Å². The summed E-state index contributed by atoms with van der Waals surface area (Å²) >= 11 is 0. The first kappa shape index (κ1) is 53.0. The molecule has 0 aromatic rings. The Bertz CT molecular complexity index is 1940. The highest BCUT2D eigenvalue weighted by Gasteiger charge is 2.70. The normalized spacial score (nSPS) is 46.0. The van der Waals surface area contributed by atoms with E-state index in [1.807, 2.05) is 0 Å². The SMILES string of the molecule is COC(C(=O)O)C(OCC(=O)O)O[C@@H]1[C@@H](O)[C@H](O[C@H]2CC[C@]3(C)[C@H]4CC=C5[C@@H]6CC(C)(C)CC[C@]6(C(=O)O[C@@H]6O[C@H](CO)[C@@H](O)[C@H](O)[C@H]6O)CC[C@@]5(C)[C@]4(C)CC[C@H]3C2(C)C)O[C@H](C(=O)O)[C@H]1O. The lowest BCUT2D eigenvalue weighted by Gasteiger charge is -2.71. The predicted molar refractivity (Wildman–Crippen MR) is 233 cm³/mol. The Morgan fingerprint density at radius 3 is 2.07 bits per heavy atom. The van der Waals surface area contributed by atoms with E-state index in [0.717, 1.165) is 39.2 Å². The van der Waals surface area contributed by atoms with Crippen molar-refractivity contribution in [1.29, 1.82) is 0 Å². The summed E-state index contributed by atoms with van der Waals surface area (Å²) < 4.78 is 39.7. The average molecular weight is 971 g/mol. The van der Waals surface area contributed by atoms with E-state index < -0.39 is 128 Å². The number of carboxylic acid groups (broad SMARTS) is 3. The number of rotatable bonds is 14. The second-order valence-electron chi connectivity index (χ2n) is 22.9. The second-order valence-corrected chi connectivity index (χ2v) is 22.9. The van der Waals surface area contributed by atoms with Crippen LogP contribution in [0.25, 0.3) is 0 Å². The number of esters is 1. The summed E-state index contributed by atoms with van der Waals surface area (Å²) in [6.07, 6.45) is -12.6. The van der Waals surface area contributed by atoms with Crippen molar-refractivity contribution in [3.05, 3.63) is 11.6 Å². The third-order valence-corrected chi connectivity index (χ3v) is 18.5. The summed E-state index contributed by atoms with van der Waals surface area (Å²) in [6.45, 7) is 14.0. The molecule has 0 bridgehead atoms. The topological polar surface area (TPSA) is 315 Å². The Kier molecular flexibility index (Phi) is 14.8. The van der Waals surface area contributed by atoms with Gasteiger partial charge in [0.05, 0.1) is 18.1 Å². The molecule has 2 heterocycles. The number of allylic oxidation sites excluding steroid dienone is 2. The molecule has 2 saturated heterocycles. The maximum absolute atomic E-state index is 14.7. The van der Waals surface area contributed by atoms with Crippen molar-refractivity contribution in [3.63, 3.8) is 0 Å². The zero-order valence-electron chi connectivity index (χ0n) is 40.3. The monoisotopic (exact) mass is 970 g/mol. The van der Waals surface area contributed by atoms with Crippen molar-refractivity contribution in [1.82, 2.24) is 0 Å². The molecule has 9 N–H and O–H groups in total. The number of carbonyl (C=O) groups is 4. The maximum Gasteiger partial charge on any atom is 0.338 e. The molecule has 386 valence electrons. The standard InChI is InChI=1S/C48H74O20/c1-43(2)15-17-48(42(61)68-39-31(54)30(53)29(52)24(20-49)64-39)18-16-46(6)22(23(48)19-43)9-10-26-45(5)13-12-27(44(3,4)25(45)11-14-47(26,46)7)65-40-33(56)34(32(55)35(67-40)37(57)58)66-41(63-21-28(50)51)36(62-8)38(59)60/h9,23-27,29-36,39-41,49,52-56H,10-21H2,1-8H3,(H,50,51)(H,57,58)(H,59,60)/t23-,24+,25-,26+,27-,29+,30-,31+,32-,33+,34-,35-,36?,39-,40+,41?,45-,46+,47+,48-/m0/s1. The first-order valence-corrected chi connectivity index (χ1v) is 24.0. The van der Waals surface area contributed by atoms with Gasteiger partial charge in [-0.25, -0.2) is 14.4 Å². The van der Waals surface area contributed by atoms with Gasteiger partial charge in [0.1, 0.15) is 49.3 Å².